The first-order valence-electron chi connectivity index (χ1n) is 5.89. The second-order valence-corrected chi connectivity index (χ2v) is 5.39. The summed E-state index contributed by atoms with van der Waals surface area (Å²) < 4.78 is 1.69. The SMILES string of the molecule is Cc1nc(-c2cnn(C)c2)sc1C(=O)NC(C)CO. The first-order chi connectivity index (χ1) is 9.01. The Bertz CT molecular complexity index is 590. The van der Waals surface area contributed by atoms with E-state index in [1.165, 1.54) is 11.3 Å². The highest BCUT2D eigenvalue weighted by Gasteiger charge is 2.18. The Balaban J connectivity index is 2.24. The lowest BCUT2D eigenvalue weighted by Gasteiger charge is -2.09. The molecule has 0 fully saturated rings. The Morgan fingerprint density at radius 3 is 2.95 bits per heavy atom. The minimum atomic E-state index is -0.268. The molecule has 19 heavy (non-hydrogen) atoms. The van der Waals surface area contributed by atoms with Crippen LogP contribution in [-0.2, 0) is 7.05 Å². The number of thiazole rings is 1. The maximum Gasteiger partial charge on any atom is 0.263 e. The summed E-state index contributed by atoms with van der Waals surface area (Å²) in [7, 11) is 1.83. The number of hydrogen-bond donors (Lipinski definition) is 2. The second-order valence-electron chi connectivity index (χ2n) is 4.39. The molecule has 2 rings (SSSR count). The van der Waals surface area contributed by atoms with Crippen LogP contribution in [0, 0.1) is 6.92 Å². The second kappa shape index (κ2) is 5.50. The third kappa shape index (κ3) is 2.99. The van der Waals surface area contributed by atoms with Crippen LogP contribution in [0.4, 0.5) is 0 Å². The van der Waals surface area contributed by atoms with Gasteiger partial charge in [-0.15, -0.1) is 11.3 Å². The van der Waals surface area contributed by atoms with Crippen LogP contribution in [0.3, 0.4) is 0 Å². The van der Waals surface area contributed by atoms with Crippen LogP contribution < -0.4 is 5.32 Å². The number of aliphatic hydroxyl groups excluding tert-OH is 1. The quantitative estimate of drug-likeness (QED) is 0.874. The smallest absolute Gasteiger partial charge is 0.263 e. The van der Waals surface area contributed by atoms with Crippen molar-refractivity contribution in [3.8, 4) is 10.6 Å². The fraction of sp³-hybridized carbons (Fsp3) is 0.417. The summed E-state index contributed by atoms with van der Waals surface area (Å²) in [5.74, 6) is -0.202. The highest BCUT2D eigenvalue weighted by Crippen LogP contribution is 2.27. The van der Waals surface area contributed by atoms with Gasteiger partial charge in [-0.3, -0.25) is 9.48 Å². The summed E-state index contributed by atoms with van der Waals surface area (Å²) >= 11 is 1.33. The largest absolute Gasteiger partial charge is 0.394 e. The molecule has 0 bridgehead atoms. The highest BCUT2D eigenvalue weighted by atomic mass is 32.1. The lowest BCUT2D eigenvalue weighted by molar-refractivity contribution is 0.0925. The predicted octanol–water partition coefficient (Wildman–Crippen LogP) is 0.963. The van der Waals surface area contributed by atoms with E-state index in [9.17, 15) is 4.79 Å². The molecule has 1 unspecified atom stereocenters. The van der Waals surface area contributed by atoms with E-state index >= 15 is 0 Å². The van der Waals surface area contributed by atoms with Gasteiger partial charge in [-0.1, -0.05) is 0 Å². The average Bonchev–Trinajstić information content (AvgIpc) is 2.95. The summed E-state index contributed by atoms with van der Waals surface area (Å²) in [6.07, 6.45) is 3.58. The van der Waals surface area contributed by atoms with Crippen molar-refractivity contribution in [3.05, 3.63) is 23.0 Å². The molecule has 2 aromatic rings. The van der Waals surface area contributed by atoms with Crippen LogP contribution in [-0.4, -0.2) is 38.4 Å². The van der Waals surface area contributed by atoms with E-state index in [-0.39, 0.29) is 18.6 Å². The van der Waals surface area contributed by atoms with Gasteiger partial charge in [-0.05, 0) is 13.8 Å². The molecule has 6 nitrogen and oxygen atoms in total. The first kappa shape index (κ1) is 13.7. The molecule has 2 heterocycles. The van der Waals surface area contributed by atoms with Gasteiger partial charge in [0.2, 0.25) is 0 Å². The van der Waals surface area contributed by atoms with Crippen molar-refractivity contribution in [1.82, 2.24) is 20.1 Å². The lowest BCUT2D eigenvalue weighted by Crippen LogP contribution is -2.34. The van der Waals surface area contributed by atoms with Gasteiger partial charge < -0.3 is 10.4 Å². The molecule has 2 aromatic heterocycles. The van der Waals surface area contributed by atoms with E-state index in [0.29, 0.717) is 10.6 Å². The zero-order valence-corrected chi connectivity index (χ0v) is 11.9. The van der Waals surface area contributed by atoms with Crippen molar-refractivity contribution < 1.29 is 9.90 Å². The highest BCUT2D eigenvalue weighted by molar-refractivity contribution is 7.17. The maximum atomic E-state index is 12.0. The molecule has 1 atom stereocenters. The number of rotatable bonds is 4. The molecule has 0 saturated heterocycles. The van der Waals surface area contributed by atoms with Gasteiger partial charge in [0.25, 0.3) is 5.91 Å². The molecule has 102 valence electrons. The maximum absolute atomic E-state index is 12.0. The first-order valence-corrected chi connectivity index (χ1v) is 6.71. The molecule has 0 saturated carbocycles. The Morgan fingerprint density at radius 2 is 2.37 bits per heavy atom. The lowest BCUT2D eigenvalue weighted by atomic mass is 10.3. The monoisotopic (exact) mass is 280 g/mol. The third-order valence-electron chi connectivity index (χ3n) is 2.61. The number of nitrogens with one attached hydrogen (secondary N) is 1. The summed E-state index contributed by atoms with van der Waals surface area (Å²) in [4.78, 5) is 17.0. The number of amides is 1. The Labute approximate surface area is 115 Å². The number of nitrogens with zero attached hydrogens (tertiary/aromatic N) is 3. The molecule has 2 N–H and O–H groups in total. The number of aliphatic hydroxyl groups is 1. The Kier molecular flexibility index (Phi) is 3.96. The van der Waals surface area contributed by atoms with Crippen molar-refractivity contribution >= 4 is 17.2 Å². The van der Waals surface area contributed by atoms with Gasteiger partial charge in [-0.2, -0.15) is 5.10 Å². The van der Waals surface area contributed by atoms with E-state index in [2.05, 4.69) is 15.4 Å². The van der Waals surface area contributed by atoms with Gasteiger partial charge in [0.05, 0.1) is 18.5 Å². The minimum absolute atomic E-state index is 0.0843. The molecule has 0 radical (unpaired) electrons. The van der Waals surface area contributed by atoms with E-state index in [0.717, 1.165) is 10.6 Å². The number of aryl methyl sites for hydroxylation is 2. The summed E-state index contributed by atoms with van der Waals surface area (Å²) in [5.41, 5.74) is 1.58. The fourth-order valence-electron chi connectivity index (χ4n) is 1.60. The van der Waals surface area contributed by atoms with Gasteiger partial charge in [-0.25, -0.2) is 4.98 Å². The standard InChI is InChI=1S/C12H16N4O2S/c1-7(6-17)14-11(18)10-8(2)15-12(19-10)9-4-13-16(3)5-9/h4-5,7,17H,6H2,1-3H3,(H,14,18). The predicted molar refractivity (Wildman–Crippen MR) is 73.1 cm³/mol. The van der Waals surface area contributed by atoms with Crippen molar-refractivity contribution in [1.29, 1.82) is 0 Å². The van der Waals surface area contributed by atoms with Crippen LogP contribution in [0.2, 0.25) is 0 Å². The molecular weight excluding hydrogens is 264 g/mol. The topological polar surface area (TPSA) is 80.0 Å². The van der Waals surface area contributed by atoms with Gasteiger partial charge in [0.1, 0.15) is 9.88 Å². The Hall–Kier alpha value is -1.73. The van der Waals surface area contributed by atoms with Crippen LogP contribution in [0.1, 0.15) is 22.3 Å². The Morgan fingerprint density at radius 1 is 1.63 bits per heavy atom. The van der Waals surface area contributed by atoms with Gasteiger partial charge in [0, 0.05) is 24.8 Å². The van der Waals surface area contributed by atoms with E-state index < -0.39 is 0 Å². The molecular formula is C12H16N4O2S. The zero-order chi connectivity index (χ0) is 14.0. The van der Waals surface area contributed by atoms with E-state index in [1.54, 1.807) is 24.7 Å². The summed E-state index contributed by atoms with van der Waals surface area (Å²) in [5, 5.41) is 16.5. The van der Waals surface area contributed by atoms with Gasteiger partial charge >= 0.3 is 0 Å². The summed E-state index contributed by atoms with van der Waals surface area (Å²) in [6.45, 7) is 3.46. The fourth-order valence-corrected chi connectivity index (χ4v) is 2.54. The molecule has 0 aromatic carbocycles. The normalized spacial score (nSPS) is 12.4. The van der Waals surface area contributed by atoms with Crippen molar-refractivity contribution in [3.63, 3.8) is 0 Å². The third-order valence-corrected chi connectivity index (χ3v) is 3.81. The number of hydrogen-bond acceptors (Lipinski definition) is 5. The van der Waals surface area contributed by atoms with E-state index in [1.807, 2.05) is 13.2 Å². The van der Waals surface area contributed by atoms with Crippen LogP contribution >= 0.6 is 11.3 Å². The average molecular weight is 280 g/mol. The van der Waals surface area contributed by atoms with Crippen LogP contribution in [0.5, 0.6) is 0 Å². The van der Waals surface area contributed by atoms with Crippen molar-refractivity contribution in [2.75, 3.05) is 6.61 Å². The molecule has 1 amide bonds. The number of carbonyl (C=O) groups is 1. The molecule has 0 aliphatic heterocycles. The number of aromatic nitrogens is 3. The molecule has 0 aliphatic rings. The van der Waals surface area contributed by atoms with Crippen molar-refractivity contribution in [2.24, 2.45) is 7.05 Å². The van der Waals surface area contributed by atoms with E-state index in [4.69, 9.17) is 5.11 Å². The summed E-state index contributed by atoms with van der Waals surface area (Å²) in [6, 6.07) is -0.268. The zero-order valence-electron chi connectivity index (χ0n) is 11.0. The molecule has 0 spiro atoms. The minimum Gasteiger partial charge on any atom is -0.394 e. The van der Waals surface area contributed by atoms with Crippen LogP contribution in [0.15, 0.2) is 12.4 Å². The van der Waals surface area contributed by atoms with Gasteiger partial charge in [0.15, 0.2) is 0 Å². The molecule has 0 aliphatic carbocycles. The molecule has 7 heteroatoms. The van der Waals surface area contributed by atoms with Crippen LogP contribution in [0.25, 0.3) is 10.6 Å². The number of carbonyl (C=O) groups excluding carboxylic acids is 1. The van der Waals surface area contributed by atoms with Crippen molar-refractivity contribution in [2.45, 2.75) is 19.9 Å².